The third-order valence-electron chi connectivity index (χ3n) is 3.47. The molecule has 1 aliphatic rings. The maximum absolute atomic E-state index is 13.1. The van der Waals surface area contributed by atoms with E-state index in [4.69, 9.17) is 0 Å². The molecule has 0 aromatic heterocycles. The topological polar surface area (TPSA) is 24.1 Å². The van der Waals surface area contributed by atoms with Crippen molar-refractivity contribution in [3.8, 4) is 0 Å². The zero-order valence-electron chi connectivity index (χ0n) is 10.7. The van der Waals surface area contributed by atoms with Crippen LogP contribution >= 0.6 is 0 Å². The van der Waals surface area contributed by atoms with Crippen LogP contribution in [0.5, 0.6) is 0 Å². The van der Waals surface area contributed by atoms with Gasteiger partial charge in [-0.25, -0.2) is 4.39 Å². The van der Waals surface area contributed by atoms with Gasteiger partial charge >= 0.3 is 0 Å². The van der Waals surface area contributed by atoms with Crippen LogP contribution in [0.3, 0.4) is 0 Å². The van der Waals surface area contributed by atoms with Gasteiger partial charge in [0, 0.05) is 24.5 Å². The molecule has 2 aromatic carbocycles. The molecule has 0 aliphatic carbocycles. The molecular weight excluding hydrogens is 239 g/mol. The number of rotatable bonds is 3. The van der Waals surface area contributed by atoms with Gasteiger partial charge in [0.15, 0.2) is 0 Å². The summed E-state index contributed by atoms with van der Waals surface area (Å²) in [6, 6.07) is 13.0. The molecule has 3 rings (SSSR count). The van der Waals surface area contributed by atoms with Gasteiger partial charge in [-0.05, 0) is 42.2 Å². The second kappa shape index (κ2) is 5.31. The van der Waals surface area contributed by atoms with E-state index in [2.05, 4.69) is 28.8 Å². The number of para-hydroxylation sites is 1. The minimum absolute atomic E-state index is 0.210. The SMILES string of the molecule is Fc1cccc(NCc2cccc3c2NCCC3)c1. The lowest BCUT2D eigenvalue weighted by Gasteiger charge is -2.21. The van der Waals surface area contributed by atoms with Gasteiger partial charge in [0.1, 0.15) is 5.82 Å². The molecule has 2 aromatic rings. The average molecular weight is 256 g/mol. The van der Waals surface area contributed by atoms with Crippen molar-refractivity contribution in [2.24, 2.45) is 0 Å². The highest BCUT2D eigenvalue weighted by molar-refractivity contribution is 5.60. The molecule has 3 heteroatoms. The summed E-state index contributed by atoms with van der Waals surface area (Å²) in [7, 11) is 0. The minimum atomic E-state index is -0.210. The number of anilines is 2. The van der Waals surface area contributed by atoms with E-state index >= 15 is 0 Å². The van der Waals surface area contributed by atoms with Crippen LogP contribution in [0, 0.1) is 5.82 Å². The molecule has 0 atom stereocenters. The van der Waals surface area contributed by atoms with Crippen LogP contribution < -0.4 is 10.6 Å². The first-order valence-corrected chi connectivity index (χ1v) is 6.67. The summed E-state index contributed by atoms with van der Waals surface area (Å²) in [4.78, 5) is 0. The normalized spacial score (nSPS) is 13.5. The van der Waals surface area contributed by atoms with Crippen LogP contribution in [0.1, 0.15) is 17.5 Å². The first-order chi connectivity index (χ1) is 9.33. The summed E-state index contributed by atoms with van der Waals surface area (Å²) in [6.45, 7) is 1.74. The molecule has 0 radical (unpaired) electrons. The molecule has 0 unspecified atom stereocenters. The molecule has 0 spiro atoms. The van der Waals surface area contributed by atoms with Crippen molar-refractivity contribution < 1.29 is 4.39 Å². The van der Waals surface area contributed by atoms with E-state index in [0.717, 1.165) is 18.7 Å². The van der Waals surface area contributed by atoms with Gasteiger partial charge in [0.25, 0.3) is 0 Å². The number of aryl methyl sites for hydroxylation is 1. The maximum Gasteiger partial charge on any atom is 0.125 e. The molecule has 2 nitrogen and oxygen atoms in total. The van der Waals surface area contributed by atoms with Crippen LogP contribution in [0.25, 0.3) is 0 Å². The monoisotopic (exact) mass is 256 g/mol. The Morgan fingerprint density at radius 1 is 1.16 bits per heavy atom. The zero-order valence-corrected chi connectivity index (χ0v) is 10.7. The number of hydrogen-bond acceptors (Lipinski definition) is 2. The summed E-state index contributed by atoms with van der Waals surface area (Å²) >= 11 is 0. The summed E-state index contributed by atoms with van der Waals surface area (Å²) in [5.41, 5.74) is 4.68. The molecule has 0 saturated heterocycles. The van der Waals surface area contributed by atoms with Gasteiger partial charge < -0.3 is 10.6 Å². The van der Waals surface area contributed by atoms with Crippen LogP contribution in [-0.2, 0) is 13.0 Å². The lowest BCUT2D eigenvalue weighted by molar-refractivity contribution is 0.628. The van der Waals surface area contributed by atoms with E-state index in [1.807, 2.05) is 6.07 Å². The van der Waals surface area contributed by atoms with Crippen molar-refractivity contribution in [2.75, 3.05) is 17.2 Å². The van der Waals surface area contributed by atoms with Crippen LogP contribution in [0.15, 0.2) is 42.5 Å². The van der Waals surface area contributed by atoms with Gasteiger partial charge in [-0.3, -0.25) is 0 Å². The van der Waals surface area contributed by atoms with E-state index in [0.29, 0.717) is 6.54 Å². The molecule has 19 heavy (non-hydrogen) atoms. The Balaban J connectivity index is 1.77. The Labute approximate surface area is 112 Å². The van der Waals surface area contributed by atoms with Crippen molar-refractivity contribution in [3.63, 3.8) is 0 Å². The van der Waals surface area contributed by atoms with E-state index in [1.54, 1.807) is 6.07 Å². The van der Waals surface area contributed by atoms with Gasteiger partial charge in [0.2, 0.25) is 0 Å². The maximum atomic E-state index is 13.1. The molecule has 0 saturated carbocycles. The Morgan fingerprint density at radius 2 is 2.05 bits per heavy atom. The quantitative estimate of drug-likeness (QED) is 0.873. The number of nitrogens with one attached hydrogen (secondary N) is 2. The molecule has 1 heterocycles. The molecule has 1 aliphatic heterocycles. The van der Waals surface area contributed by atoms with E-state index in [9.17, 15) is 4.39 Å². The standard InChI is InChI=1S/C16H17FN2/c17-14-7-2-8-15(10-14)19-11-13-5-1-4-12-6-3-9-18-16(12)13/h1-2,4-5,7-8,10,18-19H,3,6,9,11H2. The van der Waals surface area contributed by atoms with E-state index in [1.165, 1.54) is 35.4 Å². The van der Waals surface area contributed by atoms with Crippen molar-refractivity contribution >= 4 is 11.4 Å². The summed E-state index contributed by atoms with van der Waals surface area (Å²) < 4.78 is 13.1. The van der Waals surface area contributed by atoms with Gasteiger partial charge in [-0.1, -0.05) is 24.3 Å². The lowest BCUT2D eigenvalue weighted by atomic mass is 9.99. The van der Waals surface area contributed by atoms with Gasteiger partial charge in [-0.2, -0.15) is 0 Å². The van der Waals surface area contributed by atoms with Crippen LogP contribution in [0.4, 0.5) is 15.8 Å². The zero-order chi connectivity index (χ0) is 13.1. The number of benzene rings is 2. The third kappa shape index (κ3) is 2.70. The Hall–Kier alpha value is -2.03. The van der Waals surface area contributed by atoms with Gasteiger partial charge in [0.05, 0.1) is 0 Å². The smallest absolute Gasteiger partial charge is 0.125 e. The Bertz CT molecular complexity index is 581. The second-order valence-corrected chi connectivity index (χ2v) is 4.85. The fraction of sp³-hybridized carbons (Fsp3) is 0.250. The molecule has 0 fully saturated rings. The predicted molar refractivity (Wildman–Crippen MR) is 77.0 cm³/mol. The second-order valence-electron chi connectivity index (χ2n) is 4.85. The highest BCUT2D eigenvalue weighted by Crippen LogP contribution is 2.26. The summed E-state index contributed by atoms with van der Waals surface area (Å²) in [5, 5.41) is 6.74. The molecule has 0 bridgehead atoms. The van der Waals surface area contributed by atoms with Crippen LogP contribution in [0.2, 0.25) is 0 Å². The first kappa shape index (κ1) is 12.0. The summed E-state index contributed by atoms with van der Waals surface area (Å²) in [6.07, 6.45) is 2.32. The first-order valence-electron chi connectivity index (χ1n) is 6.67. The number of halogens is 1. The molecule has 98 valence electrons. The predicted octanol–water partition coefficient (Wildman–Crippen LogP) is 3.80. The number of hydrogen-bond donors (Lipinski definition) is 2. The largest absolute Gasteiger partial charge is 0.385 e. The molecule has 2 N–H and O–H groups in total. The molecular formula is C16H17FN2. The third-order valence-corrected chi connectivity index (χ3v) is 3.47. The highest BCUT2D eigenvalue weighted by Gasteiger charge is 2.11. The average Bonchev–Trinajstić information content (AvgIpc) is 2.45. The van der Waals surface area contributed by atoms with E-state index < -0.39 is 0 Å². The lowest BCUT2D eigenvalue weighted by Crippen LogP contribution is -2.15. The van der Waals surface area contributed by atoms with Crippen molar-refractivity contribution in [2.45, 2.75) is 19.4 Å². The summed E-state index contributed by atoms with van der Waals surface area (Å²) in [5.74, 6) is -0.210. The van der Waals surface area contributed by atoms with Crippen molar-refractivity contribution in [1.29, 1.82) is 0 Å². The van der Waals surface area contributed by atoms with Crippen molar-refractivity contribution in [3.05, 3.63) is 59.4 Å². The highest BCUT2D eigenvalue weighted by atomic mass is 19.1. The molecule has 0 amide bonds. The van der Waals surface area contributed by atoms with Crippen molar-refractivity contribution in [1.82, 2.24) is 0 Å². The fourth-order valence-corrected chi connectivity index (χ4v) is 2.52. The Morgan fingerprint density at radius 3 is 2.95 bits per heavy atom. The minimum Gasteiger partial charge on any atom is -0.385 e. The Kier molecular flexibility index (Phi) is 3.36. The van der Waals surface area contributed by atoms with Crippen LogP contribution in [-0.4, -0.2) is 6.54 Å². The number of fused-ring (bicyclic) bond motifs is 1. The van der Waals surface area contributed by atoms with Gasteiger partial charge in [-0.15, -0.1) is 0 Å². The fourth-order valence-electron chi connectivity index (χ4n) is 2.52. The van der Waals surface area contributed by atoms with E-state index in [-0.39, 0.29) is 5.82 Å².